The summed E-state index contributed by atoms with van der Waals surface area (Å²) in [5.41, 5.74) is 8.53. The maximum atomic E-state index is 11.8. The summed E-state index contributed by atoms with van der Waals surface area (Å²) in [5, 5.41) is 7.41. The van der Waals surface area contributed by atoms with Gasteiger partial charge in [-0.15, -0.1) is 0 Å². The monoisotopic (exact) mass is 246 g/mol. The lowest BCUT2D eigenvalue weighted by Crippen LogP contribution is -2.15. The quantitative estimate of drug-likeness (QED) is 0.675. The van der Waals surface area contributed by atoms with Crippen LogP contribution in [-0.2, 0) is 6.54 Å². The van der Waals surface area contributed by atoms with E-state index in [9.17, 15) is 4.79 Å². The molecule has 0 spiro atoms. The van der Waals surface area contributed by atoms with Crippen LogP contribution in [0.5, 0.6) is 0 Å². The number of nitrogen functional groups attached to an aromatic ring is 1. The van der Waals surface area contributed by atoms with E-state index in [2.05, 4.69) is 14.9 Å². The Bertz CT molecular complexity index is 768. The first kappa shape index (κ1) is 10.6. The number of benzene rings is 1. The second-order valence-electron chi connectivity index (χ2n) is 3.98. The smallest absolute Gasteiger partial charge is 0.408 e. The summed E-state index contributed by atoms with van der Waals surface area (Å²) < 4.78 is 11.2. The van der Waals surface area contributed by atoms with Crippen molar-refractivity contribution in [2.45, 2.75) is 13.5 Å². The first-order valence-electron chi connectivity index (χ1n) is 5.32. The van der Waals surface area contributed by atoms with Crippen molar-refractivity contribution < 1.29 is 9.05 Å². The fraction of sp³-hybridized carbons (Fsp3) is 0.182. The van der Waals surface area contributed by atoms with Gasteiger partial charge in [-0.25, -0.2) is 9.42 Å². The van der Waals surface area contributed by atoms with Crippen molar-refractivity contribution >= 4 is 16.8 Å². The van der Waals surface area contributed by atoms with Crippen molar-refractivity contribution in [2.75, 3.05) is 5.73 Å². The standard InChI is InChI=1S/C11H10N4O3/c1-6-8(14-18-13-6)5-15-9-3-2-7(12)4-10(9)17-11(15)16/h2-4H,5,12H2,1H3. The summed E-state index contributed by atoms with van der Waals surface area (Å²) in [6.07, 6.45) is 0. The van der Waals surface area contributed by atoms with Crippen LogP contribution in [0.3, 0.4) is 0 Å². The molecule has 0 aliphatic rings. The van der Waals surface area contributed by atoms with E-state index in [-0.39, 0.29) is 6.54 Å². The largest absolute Gasteiger partial charge is 0.420 e. The van der Waals surface area contributed by atoms with Crippen LogP contribution in [0.1, 0.15) is 11.4 Å². The number of rotatable bonds is 2. The highest BCUT2D eigenvalue weighted by atomic mass is 16.6. The number of anilines is 1. The molecule has 0 bridgehead atoms. The van der Waals surface area contributed by atoms with E-state index in [0.717, 1.165) is 0 Å². The van der Waals surface area contributed by atoms with Gasteiger partial charge in [-0.2, -0.15) is 0 Å². The Morgan fingerprint density at radius 3 is 2.94 bits per heavy atom. The van der Waals surface area contributed by atoms with Gasteiger partial charge in [0.15, 0.2) is 5.58 Å². The van der Waals surface area contributed by atoms with Crippen LogP contribution >= 0.6 is 0 Å². The Morgan fingerprint density at radius 1 is 1.39 bits per heavy atom. The molecule has 3 aromatic rings. The number of hydrogen-bond donors (Lipinski definition) is 1. The molecule has 0 aliphatic carbocycles. The Balaban J connectivity index is 2.15. The predicted molar refractivity (Wildman–Crippen MR) is 63.0 cm³/mol. The molecule has 1 aromatic carbocycles. The molecule has 2 heterocycles. The van der Waals surface area contributed by atoms with Crippen LogP contribution in [-0.4, -0.2) is 14.9 Å². The molecule has 7 heteroatoms. The third-order valence-corrected chi connectivity index (χ3v) is 2.75. The third-order valence-electron chi connectivity index (χ3n) is 2.75. The van der Waals surface area contributed by atoms with Crippen LogP contribution in [0.25, 0.3) is 11.1 Å². The number of hydrogen-bond acceptors (Lipinski definition) is 6. The molecule has 3 rings (SSSR count). The number of nitrogens with two attached hydrogens (primary N) is 1. The first-order chi connectivity index (χ1) is 8.65. The second kappa shape index (κ2) is 3.73. The lowest BCUT2D eigenvalue weighted by molar-refractivity contribution is 0.300. The van der Waals surface area contributed by atoms with Crippen molar-refractivity contribution in [3.05, 3.63) is 40.1 Å². The molecule has 0 saturated carbocycles. The molecule has 18 heavy (non-hydrogen) atoms. The van der Waals surface area contributed by atoms with Gasteiger partial charge in [0.05, 0.1) is 12.1 Å². The highest BCUT2D eigenvalue weighted by Crippen LogP contribution is 2.17. The van der Waals surface area contributed by atoms with Crippen LogP contribution in [0, 0.1) is 6.92 Å². The topological polar surface area (TPSA) is 100 Å². The zero-order valence-corrected chi connectivity index (χ0v) is 9.58. The molecule has 0 fully saturated rings. The minimum absolute atomic E-state index is 0.255. The fourth-order valence-electron chi connectivity index (χ4n) is 1.78. The van der Waals surface area contributed by atoms with Gasteiger partial charge in [0, 0.05) is 11.8 Å². The number of oxazole rings is 1. The van der Waals surface area contributed by atoms with E-state index in [1.54, 1.807) is 25.1 Å². The molecule has 0 unspecified atom stereocenters. The van der Waals surface area contributed by atoms with Crippen molar-refractivity contribution in [1.29, 1.82) is 0 Å². The highest BCUT2D eigenvalue weighted by molar-refractivity contribution is 5.76. The average Bonchev–Trinajstić information content (AvgIpc) is 2.85. The van der Waals surface area contributed by atoms with Gasteiger partial charge in [-0.3, -0.25) is 4.57 Å². The summed E-state index contributed by atoms with van der Waals surface area (Å²) in [6.45, 7) is 2.02. The van der Waals surface area contributed by atoms with Gasteiger partial charge in [0.1, 0.15) is 11.4 Å². The van der Waals surface area contributed by atoms with Gasteiger partial charge < -0.3 is 10.2 Å². The van der Waals surface area contributed by atoms with Crippen molar-refractivity contribution in [3.8, 4) is 0 Å². The van der Waals surface area contributed by atoms with Crippen molar-refractivity contribution in [1.82, 2.24) is 14.9 Å². The van der Waals surface area contributed by atoms with Gasteiger partial charge >= 0.3 is 5.76 Å². The molecular weight excluding hydrogens is 236 g/mol. The minimum Gasteiger partial charge on any atom is -0.408 e. The molecule has 0 aliphatic heterocycles. The summed E-state index contributed by atoms with van der Waals surface area (Å²) in [4.78, 5) is 11.8. The van der Waals surface area contributed by atoms with Gasteiger partial charge in [0.25, 0.3) is 0 Å². The lowest BCUT2D eigenvalue weighted by Gasteiger charge is -1.98. The van der Waals surface area contributed by atoms with E-state index in [0.29, 0.717) is 28.2 Å². The minimum atomic E-state index is -0.460. The second-order valence-corrected chi connectivity index (χ2v) is 3.98. The molecule has 0 atom stereocenters. The maximum absolute atomic E-state index is 11.8. The molecule has 0 saturated heterocycles. The number of aromatic nitrogens is 3. The van der Waals surface area contributed by atoms with Gasteiger partial charge in [0.2, 0.25) is 0 Å². The number of nitrogens with zero attached hydrogens (tertiary/aromatic N) is 3. The Morgan fingerprint density at radius 2 is 2.22 bits per heavy atom. The maximum Gasteiger partial charge on any atom is 0.420 e. The van der Waals surface area contributed by atoms with E-state index < -0.39 is 5.76 Å². The molecule has 7 nitrogen and oxygen atoms in total. The predicted octanol–water partition coefficient (Wildman–Crippen LogP) is 0.916. The fourth-order valence-corrected chi connectivity index (χ4v) is 1.78. The Kier molecular flexibility index (Phi) is 2.19. The average molecular weight is 246 g/mol. The van der Waals surface area contributed by atoms with E-state index in [4.69, 9.17) is 10.2 Å². The zero-order chi connectivity index (χ0) is 12.7. The van der Waals surface area contributed by atoms with Crippen molar-refractivity contribution in [3.63, 3.8) is 0 Å². The normalized spacial score (nSPS) is 11.2. The summed E-state index contributed by atoms with van der Waals surface area (Å²) in [6, 6.07) is 5.06. The van der Waals surface area contributed by atoms with E-state index >= 15 is 0 Å². The number of aryl methyl sites for hydroxylation is 1. The van der Waals surface area contributed by atoms with E-state index in [1.165, 1.54) is 4.57 Å². The molecule has 92 valence electrons. The lowest BCUT2D eigenvalue weighted by atomic mass is 10.3. The summed E-state index contributed by atoms with van der Waals surface area (Å²) >= 11 is 0. The number of fused-ring (bicyclic) bond motifs is 1. The van der Waals surface area contributed by atoms with Gasteiger partial charge in [-0.1, -0.05) is 10.3 Å². The molecule has 2 N–H and O–H groups in total. The van der Waals surface area contributed by atoms with E-state index in [1.807, 2.05) is 0 Å². The first-order valence-corrected chi connectivity index (χ1v) is 5.32. The summed E-state index contributed by atoms with van der Waals surface area (Å²) in [7, 11) is 0. The highest BCUT2D eigenvalue weighted by Gasteiger charge is 2.13. The Hall–Kier alpha value is -2.57. The van der Waals surface area contributed by atoms with Crippen molar-refractivity contribution in [2.24, 2.45) is 0 Å². The van der Waals surface area contributed by atoms with Crippen LogP contribution < -0.4 is 11.5 Å². The molecule has 0 amide bonds. The van der Waals surface area contributed by atoms with Crippen LogP contribution in [0.15, 0.2) is 32.0 Å². The molecular formula is C11H10N4O3. The Labute approximate surface area is 101 Å². The summed E-state index contributed by atoms with van der Waals surface area (Å²) in [5.74, 6) is -0.460. The SMILES string of the molecule is Cc1nonc1Cn1c(=O)oc2cc(N)ccc21. The third kappa shape index (κ3) is 1.56. The van der Waals surface area contributed by atoms with Crippen LogP contribution in [0.4, 0.5) is 5.69 Å². The molecule has 2 aromatic heterocycles. The van der Waals surface area contributed by atoms with Crippen LogP contribution in [0.2, 0.25) is 0 Å². The van der Waals surface area contributed by atoms with Gasteiger partial charge in [-0.05, 0) is 19.1 Å². The molecule has 0 radical (unpaired) electrons. The zero-order valence-electron chi connectivity index (χ0n) is 9.58.